The number of nitrogens with zero attached hydrogens (tertiary/aromatic N) is 4. The zero-order valence-corrected chi connectivity index (χ0v) is 21.2. The molecule has 1 fully saturated rings. The summed E-state index contributed by atoms with van der Waals surface area (Å²) in [6.07, 6.45) is 2.58. The number of aromatic nitrogens is 1. The Balaban J connectivity index is 1.36. The van der Waals surface area contributed by atoms with Gasteiger partial charge in [0.25, 0.3) is 5.91 Å². The van der Waals surface area contributed by atoms with Gasteiger partial charge in [0.05, 0.1) is 13.2 Å². The van der Waals surface area contributed by atoms with E-state index in [0.717, 1.165) is 28.1 Å². The highest BCUT2D eigenvalue weighted by atomic mass is 32.1. The molecular formula is C28H28N4O2S. The fraction of sp³-hybridized carbons (Fsp3) is 0.286. The molecule has 2 heterocycles. The second kappa shape index (κ2) is 9.85. The van der Waals surface area contributed by atoms with Crippen molar-refractivity contribution >= 4 is 34.6 Å². The van der Waals surface area contributed by atoms with E-state index in [0.29, 0.717) is 36.1 Å². The van der Waals surface area contributed by atoms with E-state index in [2.05, 4.69) is 15.9 Å². The van der Waals surface area contributed by atoms with Crippen molar-refractivity contribution < 1.29 is 9.53 Å². The maximum atomic E-state index is 13.2. The first kappa shape index (κ1) is 24.4. The van der Waals surface area contributed by atoms with Crippen LogP contribution in [-0.4, -0.2) is 39.6 Å². The molecule has 0 bridgehead atoms. The molecule has 6 nitrogen and oxygen atoms in total. The Kier molecular flexibility index (Phi) is 6.86. The van der Waals surface area contributed by atoms with E-state index < -0.39 is 5.54 Å². The summed E-state index contributed by atoms with van der Waals surface area (Å²) in [4.78, 5) is 24.6. The molecule has 1 aromatic heterocycles. The molecule has 35 heavy (non-hydrogen) atoms. The number of thiocarbonyl (C=S) groups is 1. The number of amides is 1. The fourth-order valence-corrected chi connectivity index (χ4v) is 4.65. The third kappa shape index (κ3) is 4.89. The molecule has 7 heteroatoms. The predicted molar refractivity (Wildman–Crippen MR) is 143 cm³/mol. The first-order chi connectivity index (χ1) is 16.7. The second-order valence-corrected chi connectivity index (χ2v) is 9.50. The monoisotopic (exact) mass is 484 g/mol. The Morgan fingerprint density at radius 2 is 1.77 bits per heavy atom. The van der Waals surface area contributed by atoms with Crippen LogP contribution in [0.25, 0.3) is 16.0 Å². The van der Waals surface area contributed by atoms with Crippen LogP contribution in [0.15, 0.2) is 60.8 Å². The lowest BCUT2D eigenvalue weighted by Gasteiger charge is -2.29. The molecular weight excluding hydrogens is 456 g/mol. The van der Waals surface area contributed by atoms with E-state index in [9.17, 15) is 4.79 Å². The molecule has 0 saturated carbocycles. The highest BCUT2D eigenvalue weighted by Gasteiger charge is 2.49. The maximum Gasteiger partial charge on any atom is 0.258 e. The van der Waals surface area contributed by atoms with Crippen molar-refractivity contribution in [2.45, 2.75) is 39.7 Å². The molecule has 1 aliphatic rings. The molecule has 0 aliphatic carbocycles. The first-order valence-electron chi connectivity index (χ1n) is 11.5. The molecule has 0 radical (unpaired) electrons. The average molecular weight is 485 g/mol. The standard InChI is InChI=1S/C28H28N4O2S/c1-19-17-23(11-14-25(19)29-5)32-26(33)28(3,4)31(27(32)35)15-6-16-34-24-12-9-21(10-13-24)22-8-7-20(2)30-18-22/h7-14,17-18H,6,15-16H2,1-4H3. The van der Waals surface area contributed by atoms with E-state index in [1.54, 1.807) is 17.0 Å². The highest BCUT2D eigenvalue weighted by Crippen LogP contribution is 2.34. The molecule has 1 saturated heterocycles. The molecule has 0 atom stereocenters. The molecule has 0 N–H and O–H groups in total. The molecule has 1 amide bonds. The summed E-state index contributed by atoms with van der Waals surface area (Å²) < 4.78 is 5.95. The molecule has 4 rings (SSSR count). The Bertz CT molecular complexity index is 1290. The number of ether oxygens (including phenoxy) is 1. The van der Waals surface area contributed by atoms with Gasteiger partial charge in [-0.15, -0.1) is 0 Å². The highest BCUT2D eigenvalue weighted by molar-refractivity contribution is 7.80. The summed E-state index contributed by atoms with van der Waals surface area (Å²) in [5.74, 6) is 0.727. The number of anilines is 1. The van der Waals surface area contributed by atoms with Crippen LogP contribution in [-0.2, 0) is 4.79 Å². The van der Waals surface area contributed by atoms with Crippen molar-refractivity contribution in [2.75, 3.05) is 18.1 Å². The lowest BCUT2D eigenvalue weighted by molar-refractivity contribution is -0.123. The third-order valence-corrected chi connectivity index (χ3v) is 6.68. The van der Waals surface area contributed by atoms with Crippen molar-refractivity contribution in [3.63, 3.8) is 0 Å². The largest absolute Gasteiger partial charge is 0.494 e. The number of aryl methyl sites for hydroxylation is 2. The van der Waals surface area contributed by atoms with Crippen LogP contribution in [0.5, 0.6) is 5.75 Å². The Morgan fingerprint density at radius 1 is 1.06 bits per heavy atom. The van der Waals surface area contributed by atoms with Crippen molar-refractivity contribution in [3.05, 3.63) is 83.5 Å². The van der Waals surface area contributed by atoms with E-state index >= 15 is 0 Å². The lowest BCUT2D eigenvalue weighted by Crippen LogP contribution is -2.44. The number of carbonyl (C=O) groups is 1. The van der Waals surface area contributed by atoms with Crippen molar-refractivity contribution in [1.29, 1.82) is 0 Å². The summed E-state index contributed by atoms with van der Waals surface area (Å²) in [5, 5.41) is 0.478. The van der Waals surface area contributed by atoms with Gasteiger partial charge < -0.3 is 9.64 Å². The second-order valence-electron chi connectivity index (χ2n) is 9.13. The summed E-state index contributed by atoms with van der Waals surface area (Å²) in [7, 11) is 0. The normalized spacial score (nSPS) is 14.8. The van der Waals surface area contributed by atoms with Crippen molar-refractivity contribution in [3.8, 4) is 16.9 Å². The zero-order chi connectivity index (χ0) is 25.2. The van der Waals surface area contributed by atoms with Crippen LogP contribution in [0.2, 0.25) is 0 Å². The topological polar surface area (TPSA) is 50.0 Å². The molecule has 178 valence electrons. The number of benzene rings is 2. The van der Waals surface area contributed by atoms with Gasteiger partial charge in [0.1, 0.15) is 11.3 Å². The van der Waals surface area contributed by atoms with Crippen LogP contribution >= 0.6 is 12.2 Å². The van der Waals surface area contributed by atoms with Gasteiger partial charge in [0.2, 0.25) is 0 Å². The van der Waals surface area contributed by atoms with Crippen LogP contribution in [0.4, 0.5) is 11.4 Å². The van der Waals surface area contributed by atoms with Gasteiger partial charge in [-0.1, -0.05) is 24.3 Å². The van der Waals surface area contributed by atoms with Gasteiger partial charge in [-0.2, -0.15) is 0 Å². The smallest absolute Gasteiger partial charge is 0.258 e. The third-order valence-electron chi connectivity index (χ3n) is 6.28. The summed E-state index contributed by atoms with van der Waals surface area (Å²) >= 11 is 5.71. The van der Waals surface area contributed by atoms with Gasteiger partial charge in [-0.05, 0) is 87.8 Å². The van der Waals surface area contributed by atoms with Crippen LogP contribution in [0, 0.1) is 20.4 Å². The Morgan fingerprint density at radius 3 is 2.40 bits per heavy atom. The summed E-state index contributed by atoms with van der Waals surface area (Å²) in [6, 6.07) is 17.4. The van der Waals surface area contributed by atoms with Crippen molar-refractivity contribution in [2.24, 2.45) is 0 Å². The van der Waals surface area contributed by atoms with Gasteiger partial charge in [0.15, 0.2) is 10.8 Å². The van der Waals surface area contributed by atoms with Crippen molar-refractivity contribution in [1.82, 2.24) is 9.88 Å². The fourth-order valence-electron chi connectivity index (χ4n) is 4.14. The summed E-state index contributed by atoms with van der Waals surface area (Å²) in [5.41, 5.74) is 4.48. The van der Waals surface area contributed by atoms with Crippen LogP contribution in [0.3, 0.4) is 0 Å². The van der Waals surface area contributed by atoms with Gasteiger partial charge in [-0.25, -0.2) is 4.85 Å². The average Bonchev–Trinajstić information content (AvgIpc) is 3.01. The number of pyridine rings is 1. The van der Waals surface area contributed by atoms with E-state index in [1.807, 2.05) is 75.2 Å². The summed E-state index contributed by atoms with van der Waals surface area (Å²) in [6.45, 7) is 16.0. The number of rotatable bonds is 7. The SMILES string of the molecule is [C-]#[N+]c1ccc(N2C(=O)C(C)(C)N(CCCOc3ccc(-c4ccc(C)nc4)cc3)C2=S)cc1C. The van der Waals surface area contributed by atoms with Gasteiger partial charge >= 0.3 is 0 Å². The van der Waals surface area contributed by atoms with E-state index in [4.69, 9.17) is 23.5 Å². The quantitative estimate of drug-likeness (QED) is 0.230. The predicted octanol–water partition coefficient (Wildman–Crippen LogP) is 6.10. The lowest BCUT2D eigenvalue weighted by atomic mass is 10.0. The maximum absolute atomic E-state index is 13.2. The molecule has 2 aromatic carbocycles. The van der Waals surface area contributed by atoms with Crippen LogP contribution < -0.4 is 9.64 Å². The van der Waals surface area contributed by atoms with Gasteiger partial charge in [-0.3, -0.25) is 14.7 Å². The molecule has 0 spiro atoms. The minimum Gasteiger partial charge on any atom is -0.494 e. The zero-order valence-electron chi connectivity index (χ0n) is 20.4. The van der Waals surface area contributed by atoms with Gasteiger partial charge in [0, 0.05) is 29.7 Å². The Labute approximate surface area is 212 Å². The Hall–Kier alpha value is -3.76. The number of hydrogen-bond acceptors (Lipinski definition) is 4. The first-order valence-corrected chi connectivity index (χ1v) is 11.9. The minimum atomic E-state index is -0.757. The van der Waals surface area contributed by atoms with Crippen LogP contribution in [0.1, 0.15) is 31.5 Å². The van der Waals surface area contributed by atoms with E-state index in [1.165, 1.54) is 0 Å². The molecule has 0 unspecified atom stereocenters. The molecule has 3 aromatic rings. The molecule has 1 aliphatic heterocycles. The number of hydrogen-bond donors (Lipinski definition) is 0. The number of carbonyl (C=O) groups excluding carboxylic acids is 1. The van der Waals surface area contributed by atoms with E-state index in [-0.39, 0.29) is 5.91 Å². The minimum absolute atomic E-state index is 0.0698.